The summed E-state index contributed by atoms with van der Waals surface area (Å²) < 4.78 is 10.3. The summed E-state index contributed by atoms with van der Waals surface area (Å²) in [6, 6.07) is 19.6. The number of ether oxygens (including phenoxy) is 2. The van der Waals surface area contributed by atoms with Crippen LogP contribution in [0.2, 0.25) is 0 Å². The molecule has 0 fully saturated rings. The number of rotatable bonds is 5. The SMILES string of the molecule is COc1ccc(C(=O)Nc2ccc3c(c2)N(C(=O)c2ccc(OC)cc2)CC3)cc1. The predicted molar refractivity (Wildman–Crippen MR) is 116 cm³/mol. The van der Waals surface area contributed by atoms with Gasteiger partial charge in [-0.15, -0.1) is 0 Å². The van der Waals surface area contributed by atoms with Crippen molar-refractivity contribution in [2.75, 3.05) is 31.0 Å². The Balaban J connectivity index is 1.53. The van der Waals surface area contributed by atoms with Gasteiger partial charge < -0.3 is 19.7 Å². The van der Waals surface area contributed by atoms with Gasteiger partial charge in [-0.05, 0) is 72.6 Å². The molecule has 0 aliphatic carbocycles. The summed E-state index contributed by atoms with van der Waals surface area (Å²) in [5, 5.41) is 2.91. The van der Waals surface area contributed by atoms with Crippen molar-refractivity contribution in [1.82, 2.24) is 0 Å². The number of hydrogen-bond donors (Lipinski definition) is 1. The molecule has 0 atom stereocenters. The zero-order valence-electron chi connectivity index (χ0n) is 16.8. The van der Waals surface area contributed by atoms with E-state index in [-0.39, 0.29) is 11.8 Å². The number of carbonyl (C=O) groups is 2. The maximum Gasteiger partial charge on any atom is 0.258 e. The Hall–Kier alpha value is -3.80. The standard InChI is InChI=1S/C24H22N2O4/c1-29-20-9-4-17(5-10-20)23(27)25-19-8-3-16-13-14-26(22(16)15-19)24(28)18-6-11-21(30-2)12-7-18/h3-12,15H,13-14H2,1-2H3,(H,25,27). The molecular formula is C24H22N2O4. The van der Waals surface area contributed by atoms with Crippen molar-refractivity contribution in [2.24, 2.45) is 0 Å². The van der Waals surface area contributed by atoms with E-state index in [1.165, 1.54) is 0 Å². The van der Waals surface area contributed by atoms with Gasteiger partial charge in [0, 0.05) is 29.0 Å². The number of benzene rings is 3. The molecule has 0 saturated carbocycles. The molecule has 1 aliphatic heterocycles. The molecule has 1 N–H and O–H groups in total. The summed E-state index contributed by atoms with van der Waals surface area (Å²) in [7, 11) is 3.17. The van der Waals surface area contributed by atoms with Crippen LogP contribution < -0.4 is 19.7 Å². The van der Waals surface area contributed by atoms with Crippen LogP contribution >= 0.6 is 0 Å². The van der Waals surface area contributed by atoms with Crippen molar-refractivity contribution in [3.63, 3.8) is 0 Å². The maximum absolute atomic E-state index is 13.0. The Bertz CT molecular complexity index is 1080. The van der Waals surface area contributed by atoms with Gasteiger partial charge in [0.2, 0.25) is 0 Å². The molecule has 1 heterocycles. The molecule has 0 unspecified atom stereocenters. The third kappa shape index (κ3) is 3.85. The van der Waals surface area contributed by atoms with E-state index in [2.05, 4.69) is 5.32 Å². The van der Waals surface area contributed by atoms with Gasteiger partial charge >= 0.3 is 0 Å². The third-order valence-corrected chi connectivity index (χ3v) is 5.17. The molecule has 3 aromatic carbocycles. The molecule has 6 heteroatoms. The van der Waals surface area contributed by atoms with E-state index in [1.54, 1.807) is 67.7 Å². The summed E-state index contributed by atoms with van der Waals surface area (Å²) in [6.07, 6.45) is 0.782. The minimum absolute atomic E-state index is 0.0740. The van der Waals surface area contributed by atoms with Crippen molar-refractivity contribution in [3.8, 4) is 11.5 Å². The van der Waals surface area contributed by atoms with Gasteiger partial charge in [-0.2, -0.15) is 0 Å². The van der Waals surface area contributed by atoms with E-state index >= 15 is 0 Å². The number of fused-ring (bicyclic) bond motifs is 1. The van der Waals surface area contributed by atoms with Crippen LogP contribution in [0, 0.1) is 0 Å². The summed E-state index contributed by atoms with van der Waals surface area (Å²) >= 11 is 0. The first-order valence-electron chi connectivity index (χ1n) is 9.63. The number of methoxy groups -OCH3 is 2. The van der Waals surface area contributed by atoms with E-state index < -0.39 is 0 Å². The average molecular weight is 402 g/mol. The van der Waals surface area contributed by atoms with Crippen LogP contribution in [0.5, 0.6) is 11.5 Å². The number of hydrogen-bond acceptors (Lipinski definition) is 4. The second-order valence-electron chi connectivity index (χ2n) is 6.96. The summed E-state index contributed by atoms with van der Waals surface area (Å²) in [6.45, 7) is 0.607. The van der Waals surface area contributed by atoms with Crippen LogP contribution in [0.25, 0.3) is 0 Å². The number of carbonyl (C=O) groups excluding carboxylic acids is 2. The van der Waals surface area contributed by atoms with Crippen LogP contribution in [0.1, 0.15) is 26.3 Å². The molecule has 152 valence electrons. The molecule has 6 nitrogen and oxygen atoms in total. The van der Waals surface area contributed by atoms with Gasteiger partial charge in [0.15, 0.2) is 0 Å². The number of amides is 2. The Kier molecular flexibility index (Phi) is 5.39. The molecule has 1 aliphatic rings. The zero-order valence-corrected chi connectivity index (χ0v) is 16.8. The van der Waals surface area contributed by atoms with Crippen molar-refractivity contribution < 1.29 is 19.1 Å². The fourth-order valence-corrected chi connectivity index (χ4v) is 3.50. The molecule has 4 rings (SSSR count). The van der Waals surface area contributed by atoms with E-state index in [9.17, 15) is 9.59 Å². The lowest BCUT2D eigenvalue weighted by atomic mass is 10.1. The summed E-state index contributed by atoms with van der Waals surface area (Å²) in [5.41, 5.74) is 3.67. The smallest absolute Gasteiger partial charge is 0.258 e. The van der Waals surface area contributed by atoms with Crippen LogP contribution in [0.3, 0.4) is 0 Å². The normalized spacial score (nSPS) is 12.3. The molecule has 0 radical (unpaired) electrons. The summed E-state index contributed by atoms with van der Waals surface area (Å²) in [5.74, 6) is 1.10. The van der Waals surface area contributed by atoms with E-state index in [4.69, 9.17) is 9.47 Å². The fraction of sp³-hybridized carbons (Fsp3) is 0.167. The molecule has 0 aromatic heterocycles. The minimum atomic E-state index is -0.219. The van der Waals surface area contributed by atoms with Gasteiger partial charge in [0.05, 0.1) is 14.2 Å². The highest BCUT2D eigenvalue weighted by molar-refractivity contribution is 6.08. The van der Waals surface area contributed by atoms with Crippen molar-refractivity contribution >= 4 is 23.2 Å². The van der Waals surface area contributed by atoms with E-state index in [0.717, 1.165) is 17.7 Å². The topological polar surface area (TPSA) is 67.9 Å². The molecular weight excluding hydrogens is 380 g/mol. The highest BCUT2D eigenvalue weighted by Crippen LogP contribution is 2.32. The van der Waals surface area contributed by atoms with Gasteiger partial charge in [-0.25, -0.2) is 0 Å². The first-order chi connectivity index (χ1) is 14.6. The molecule has 0 bridgehead atoms. The van der Waals surface area contributed by atoms with Crippen LogP contribution in [-0.4, -0.2) is 32.6 Å². The zero-order chi connectivity index (χ0) is 21.1. The lowest BCUT2D eigenvalue weighted by molar-refractivity contribution is 0.0988. The number of nitrogens with one attached hydrogen (secondary N) is 1. The Morgan fingerprint density at radius 3 is 2.03 bits per heavy atom. The Labute approximate surface area is 175 Å². The van der Waals surface area contributed by atoms with Gasteiger partial charge in [0.1, 0.15) is 11.5 Å². The Morgan fingerprint density at radius 2 is 1.43 bits per heavy atom. The number of nitrogens with zero attached hydrogens (tertiary/aromatic N) is 1. The number of anilines is 2. The van der Waals surface area contributed by atoms with Crippen LogP contribution in [0.15, 0.2) is 66.7 Å². The highest BCUT2D eigenvalue weighted by Gasteiger charge is 2.26. The van der Waals surface area contributed by atoms with Crippen LogP contribution in [0.4, 0.5) is 11.4 Å². The van der Waals surface area contributed by atoms with Crippen LogP contribution in [-0.2, 0) is 6.42 Å². The largest absolute Gasteiger partial charge is 0.497 e. The molecule has 0 saturated heterocycles. The first kappa shape index (κ1) is 19.5. The van der Waals surface area contributed by atoms with E-state index in [0.29, 0.717) is 34.9 Å². The molecule has 0 spiro atoms. The van der Waals surface area contributed by atoms with E-state index in [1.807, 2.05) is 18.2 Å². The molecule has 30 heavy (non-hydrogen) atoms. The van der Waals surface area contributed by atoms with Crippen molar-refractivity contribution in [2.45, 2.75) is 6.42 Å². The second kappa shape index (κ2) is 8.29. The van der Waals surface area contributed by atoms with Crippen molar-refractivity contribution in [3.05, 3.63) is 83.4 Å². The fourth-order valence-electron chi connectivity index (χ4n) is 3.50. The molecule has 2 amide bonds. The Morgan fingerprint density at radius 1 is 0.833 bits per heavy atom. The third-order valence-electron chi connectivity index (χ3n) is 5.17. The molecule has 3 aromatic rings. The average Bonchev–Trinajstić information content (AvgIpc) is 3.22. The predicted octanol–water partition coefficient (Wildman–Crippen LogP) is 4.16. The monoisotopic (exact) mass is 402 g/mol. The minimum Gasteiger partial charge on any atom is -0.497 e. The highest BCUT2D eigenvalue weighted by atomic mass is 16.5. The van der Waals surface area contributed by atoms with Gasteiger partial charge in [-0.1, -0.05) is 6.07 Å². The maximum atomic E-state index is 13.0. The van der Waals surface area contributed by atoms with Crippen molar-refractivity contribution in [1.29, 1.82) is 0 Å². The quantitative estimate of drug-likeness (QED) is 0.696. The first-order valence-corrected chi connectivity index (χ1v) is 9.63. The summed E-state index contributed by atoms with van der Waals surface area (Å²) in [4.78, 5) is 27.3. The second-order valence-corrected chi connectivity index (χ2v) is 6.96. The van der Waals surface area contributed by atoms with Gasteiger partial charge in [-0.3, -0.25) is 9.59 Å². The lowest BCUT2D eigenvalue weighted by Crippen LogP contribution is -2.28. The lowest BCUT2D eigenvalue weighted by Gasteiger charge is -2.18. The van der Waals surface area contributed by atoms with Gasteiger partial charge in [0.25, 0.3) is 11.8 Å².